The first-order valence-corrected chi connectivity index (χ1v) is 8.82. The van der Waals surface area contributed by atoms with Crippen LogP contribution in [0.1, 0.15) is 33.3 Å². The molecule has 0 saturated heterocycles. The molecule has 2 N–H and O–H groups in total. The lowest BCUT2D eigenvalue weighted by Gasteiger charge is -2.06. The highest BCUT2D eigenvalue weighted by Gasteiger charge is 2.17. The molecular weight excluding hydrogens is 360 g/mol. The van der Waals surface area contributed by atoms with Crippen molar-refractivity contribution in [2.45, 2.75) is 34.2 Å². The number of carbonyl (C=O) groups excluding carboxylic acids is 2. The molecule has 0 atom stereocenters. The average Bonchev–Trinajstić information content (AvgIpc) is 3.25. The maximum atomic E-state index is 12.5. The summed E-state index contributed by atoms with van der Waals surface area (Å²) in [6.07, 6.45) is 1.60. The van der Waals surface area contributed by atoms with Crippen LogP contribution < -0.4 is 10.6 Å². The Bertz CT molecular complexity index is 1060. The fourth-order valence-corrected chi connectivity index (χ4v) is 2.98. The number of nitrogens with zero attached hydrogens (tertiary/aromatic N) is 6. The summed E-state index contributed by atoms with van der Waals surface area (Å²) >= 11 is 0. The predicted octanol–water partition coefficient (Wildman–Crippen LogP) is 1.47. The molecule has 0 spiro atoms. The van der Waals surface area contributed by atoms with Gasteiger partial charge in [0.15, 0.2) is 5.69 Å². The molecule has 0 unspecified atom stereocenters. The van der Waals surface area contributed by atoms with E-state index in [4.69, 9.17) is 0 Å². The largest absolute Gasteiger partial charge is 0.321 e. The Morgan fingerprint density at radius 2 is 1.43 bits per heavy atom. The number of aromatic nitrogens is 6. The van der Waals surface area contributed by atoms with Crippen molar-refractivity contribution in [1.29, 1.82) is 0 Å². The average molecular weight is 384 g/mol. The fraction of sp³-hybridized carbons (Fsp3) is 0.389. The van der Waals surface area contributed by atoms with Crippen molar-refractivity contribution in [2.75, 3.05) is 10.6 Å². The Morgan fingerprint density at radius 3 is 1.93 bits per heavy atom. The van der Waals surface area contributed by atoms with Crippen LogP contribution in [0, 0.1) is 27.7 Å². The Morgan fingerprint density at radius 1 is 0.893 bits per heavy atom. The highest BCUT2D eigenvalue weighted by Crippen LogP contribution is 2.19. The van der Waals surface area contributed by atoms with Crippen LogP contribution in [0.4, 0.5) is 11.4 Å². The van der Waals surface area contributed by atoms with Gasteiger partial charge in [0.1, 0.15) is 6.54 Å². The fourth-order valence-electron chi connectivity index (χ4n) is 2.98. The minimum atomic E-state index is -0.350. The van der Waals surface area contributed by atoms with Gasteiger partial charge in [-0.15, -0.1) is 0 Å². The van der Waals surface area contributed by atoms with Crippen molar-refractivity contribution in [2.24, 2.45) is 14.1 Å². The van der Waals surface area contributed by atoms with Crippen LogP contribution in [-0.2, 0) is 25.4 Å². The third-order valence-electron chi connectivity index (χ3n) is 4.70. The van der Waals surface area contributed by atoms with E-state index in [1.54, 1.807) is 21.6 Å². The second kappa shape index (κ2) is 7.29. The number of amides is 2. The number of rotatable bonds is 5. The molecule has 0 aliphatic carbocycles. The van der Waals surface area contributed by atoms with Gasteiger partial charge in [-0.1, -0.05) is 0 Å². The molecule has 0 bridgehead atoms. The molecule has 0 aliphatic heterocycles. The smallest absolute Gasteiger partial charge is 0.276 e. The van der Waals surface area contributed by atoms with Crippen molar-refractivity contribution in [3.05, 3.63) is 40.7 Å². The molecule has 0 aliphatic rings. The molecular formula is C18H24N8O2. The number of anilines is 2. The Kier molecular flexibility index (Phi) is 5.04. The van der Waals surface area contributed by atoms with E-state index in [1.807, 2.05) is 41.8 Å². The van der Waals surface area contributed by atoms with E-state index in [2.05, 4.69) is 25.9 Å². The van der Waals surface area contributed by atoms with E-state index in [0.717, 1.165) is 22.8 Å². The standard InChI is InChI=1S/C18H24N8O2/c1-10-16(12(3)24(5)21-10)19-15(27)9-26-8-7-14(23-26)18(28)20-17-11(2)22-25(6)13(17)4/h7-8H,9H2,1-6H3,(H,19,27)(H,20,28). The summed E-state index contributed by atoms with van der Waals surface area (Å²) < 4.78 is 4.84. The summed E-state index contributed by atoms with van der Waals surface area (Å²) in [5, 5.41) is 18.4. The zero-order chi connectivity index (χ0) is 20.6. The van der Waals surface area contributed by atoms with Crippen LogP contribution in [0.2, 0.25) is 0 Å². The van der Waals surface area contributed by atoms with Crippen LogP contribution in [0.15, 0.2) is 12.3 Å². The van der Waals surface area contributed by atoms with E-state index in [0.29, 0.717) is 11.4 Å². The summed E-state index contributed by atoms with van der Waals surface area (Å²) in [4.78, 5) is 24.8. The van der Waals surface area contributed by atoms with Gasteiger partial charge in [-0.05, 0) is 33.8 Å². The molecule has 0 aromatic carbocycles. The van der Waals surface area contributed by atoms with Crippen LogP contribution in [-0.4, -0.2) is 41.2 Å². The Balaban J connectivity index is 1.66. The molecule has 148 valence electrons. The summed E-state index contributed by atoms with van der Waals surface area (Å²) in [5.74, 6) is -0.592. The maximum Gasteiger partial charge on any atom is 0.276 e. The van der Waals surface area contributed by atoms with E-state index in [-0.39, 0.29) is 24.1 Å². The van der Waals surface area contributed by atoms with Gasteiger partial charge in [0.05, 0.1) is 34.2 Å². The van der Waals surface area contributed by atoms with Crippen LogP contribution in [0.3, 0.4) is 0 Å². The predicted molar refractivity (Wildman–Crippen MR) is 104 cm³/mol. The van der Waals surface area contributed by atoms with Crippen molar-refractivity contribution in [1.82, 2.24) is 29.3 Å². The summed E-state index contributed by atoms with van der Waals surface area (Å²) in [5.41, 5.74) is 4.79. The minimum Gasteiger partial charge on any atom is -0.321 e. The lowest BCUT2D eigenvalue weighted by molar-refractivity contribution is -0.116. The Labute approximate surface area is 162 Å². The van der Waals surface area contributed by atoms with Gasteiger partial charge in [0.25, 0.3) is 5.91 Å². The number of carbonyl (C=O) groups is 2. The summed E-state index contributed by atoms with van der Waals surface area (Å²) in [6.45, 7) is 7.41. The highest BCUT2D eigenvalue weighted by atomic mass is 16.2. The first-order chi connectivity index (χ1) is 13.2. The maximum absolute atomic E-state index is 12.5. The normalized spacial score (nSPS) is 10.9. The zero-order valence-electron chi connectivity index (χ0n) is 16.9. The van der Waals surface area contributed by atoms with E-state index < -0.39 is 0 Å². The SMILES string of the molecule is Cc1nn(C)c(C)c1NC(=O)Cn1ccc(C(=O)Nc2c(C)nn(C)c2C)n1. The van der Waals surface area contributed by atoms with Crippen LogP contribution in [0.25, 0.3) is 0 Å². The number of nitrogens with one attached hydrogen (secondary N) is 2. The molecule has 3 aromatic rings. The Hall–Kier alpha value is -3.43. The molecule has 0 saturated carbocycles. The van der Waals surface area contributed by atoms with E-state index >= 15 is 0 Å². The molecule has 3 heterocycles. The third-order valence-corrected chi connectivity index (χ3v) is 4.70. The lowest BCUT2D eigenvalue weighted by atomic mass is 10.3. The minimum absolute atomic E-state index is 0.00793. The van der Waals surface area contributed by atoms with Crippen molar-refractivity contribution in [3.63, 3.8) is 0 Å². The van der Waals surface area contributed by atoms with Gasteiger partial charge in [-0.25, -0.2) is 0 Å². The van der Waals surface area contributed by atoms with Crippen molar-refractivity contribution < 1.29 is 9.59 Å². The first-order valence-electron chi connectivity index (χ1n) is 8.82. The van der Waals surface area contributed by atoms with Gasteiger partial charge < -0.3 is 10.6 Å². The molecule has 28 heavy (non-hydrogen) atoms. The monoisotopic (exact) mass is 384 g/mol. The van der Waals surface area contributed by atoms with Gasteiger partial charge >= 0.3 is 0 Å². The molecule has 3 aromatic heterocycles. The van der Waals surface area contributed by atoms with Crippen LogP contribution >= 0.6 is 0 Å². The number of hydrogen-bond acceptors (Lipinski definition) is 5. The van der Waals surface area contributed by atoms with E-state index in [1.165, 1.54) is 4.68 Å². The highest BCUT2D eigenvalue weighted by molar-refractivity contribution is 6.03. The summed E-state index contributed by atoms with van der Waals surface area (Å²) in [6, 6.07) is 1.57. The second-order valence-electron chi connectivity index (χ2n) is 6.74. The van der Waals surface area contributed by atoms with Gasteiger partial charge in [0, 0.05) is 20.3 Å². The number of hydrogen-bond donors (Lipinski definition) is 2. The van der Waals surface area contributed by atoms with Gasteiger partial charge in [-0.2, -0.15) is 15.3 Å². The molecule has 10 heteroatoms. The van der Waals surface area contributed by atoms with Gasteiger partial charge in [-0.3, -0.25) is 23.6 Å². The molecule has 3 rings (SSSR count). The molecule has 0 radical (unpaired) electrons. The number of aryl methyl sites for hydroxylation is 4. The van der Waals surface area contributed by atoms with Crippen molar-refractivity contribution in [3.8, 4) is 0 Å². The summed E-state index contributed by atoms with van der Waals surface area (Å²) in [7, 11) is 3.64. The quantitative estimate of drug-likeness (QED) is 0.692. The molecule has 2 amide bonds. The van der Waals surface area contributed by atoms with E-state index in [9.17, 15) is 9.59 Å². The second-order valence-corrected chi connectivity index (χ2v) is 6.74. The topological polar surface area (TPSA) is 112 Å². The zero-order valence-corrected chi connectivity index (χ0v) is 16.9. The molecule has 0 fully saturated rings. The van der Waals surface area contributed by atoms with Crippen molar-refractivity contribution >= 4 is 23.2 Å². The molecule has 10 nitrogen and oxygen atoms in total. The lowest BCUT2D eigenvalue weighted by Crippen LogP contribution is -2.21. The first kappa shape index (κ1) is 19.3. The third kappa shape index (κ3) is 3.66. The van der Waals surface area contributed by atoms with Gasteiger partial charge in [0.2, 0.25) is 5.91 Å². The van der Waals surface area contributed by atoms with Crippen LogP contribution in [0.5, 0.6) is 0 Å².